The van der Waals surface area contributed by atoms with E-state index in [0.717, 1.165) is 53.8 Å². The van der Waals surface area contributed by atoms with Gasteiger partial charge in [-0.05, 0) is 93.8 Å². The van der Waals surface area contributed by atoms with Gasteiger partial charge in [0.05, 0.1) is 24.5 Å². The minimum atomic E-state index is -0.0581. The minimum Gasteiger partial charge on any atom is -0.438 e. The zero-order chi connectivity index (χ0) is 33.5. The van der Waals surface area contributed by atoms with E-state index in [1.807, 2.05) is 49.7 Å². The minimum absolute atomic E-state index is 0.0581. The molecule has 246 valence electrons. The van der Waals surface area contributed by atoms with E-state index in [-0.39, 0.29) is 18.0 Å². The largest absolute Gasteiger partial charge is 0.438 e. The zero-order valence-electron chi connectivity index (χ0n) is 28.6. The second kappa shape index (κ2) is 12.8. The van der Waals surface area contributed by atoms with Crippen LogP contribution >= 0.6 is 0 Å². The first-order chi connectivity index (χ1) is 23.2. The van der Waals surface area contributed by atoms with Crippen LogP contribution < -0.4 is 4.74 Å². The second-order valence-corrected chi connectivity index (χ2v) is 13.3. The van der Waals surface area contributed by atoms with Gasteiger partial charge in [0.1, 0.15) is 17.0 Å². The highest BCUT2D eigenvalue weighted by Gasteiger charge is 2.32. The summed E-state index contributed by atoms with van der Waals surface area (Å²) < 4.78 is 12.5. The Bertz CT molecular complexity index is 2100. The predicted octanol–water partition coefficient (Wildman–Crippen LogP) is 7.96. The summed E-state index contributed by atoms with van der Waals surface area (Å²) in [5, 5.41) is 15.0. The van der Waals surface area contributed by atoms with E-state index < -0.39 is 0 Å². The van der Waals surface area contributed by atoms with Crippen LogP contribution in [0.4, 0.5) is 0 Å². The van der Waals surface area contributed by atoms with Crippen LogP contribution in [0.2, 0.25) is 0 Å². The quantitative estimate of drug-likeness (QED) is 0.168. The SMILES string of the molecule is Cc1cc(C)c(C)c(Oc2c(C(=O)N(C)C3CCC(n4cc(Cn5c(-c6ccccc6)cc6ccccc65)nn4)CC3)c(C)nn2C)c1. The molecule has 1 amide bonds. The van der Waals surface area contributed by atoms with Crippen LogP contribution in [0.5, 0.6) is 11.6 Å². The number of amides is 1. The number of ether oxygens (including phenoxy) is 1. The number of benzene rings is 3. The first-order valence-corrected chi connectivity index (χ1v) is 16.8. The van der Waals surface area contributed by atoms with Gasteiger partial charge in [-0.15, -0.1) is 5.10 Å². The molecule has 1 fully saturated rings. The van der Waals surface area contributed by atoms with Crippen molar-refractivity contribution in [1.82, 2.24) is 34.2 Å². The number of hydrogen-bond acceptors (Lipinski definition) is 5. The normalized spacial score (nSPS) is 16.4. The lowest BCUT2D eigenvalue weighted by Crippen LogP contribution is -2.40. The third-order valence-corrected chi connectivity index (χ3v) is 10.0. The van der Waals surface area contributed by atoms with Crippen LogP contribution in [0, 0.1) is 27.7 Å². The van der Waals surface area contributed by atoms with Crippen LogP contribution in [0.25, 0.3) is 22.2 Å². The summed E-state index contributed by atoms with van der Waals surface area (Å²) in [7, 11) is 3.74. The lowest BCUT2D eigenvalue weighted by Gasteiger charge is -2.34. The molecular formula is C39H43N7O2. The Kier molecular flexibility index (Phi) is 8.37. The Balaban J connectivity index is 1.04. The highest BCUT2D eigenvalue weighted by atomic mass is 16.5. The number of rotatable bonds is 8. The number of para-hydroxylation sites is 1. The number of nitrogens with zero attached hydrogens (tertiary/aromatic N) is 7. The standard InChI is InChI=1S/C39H43N7O2/c1-25-20-26(2)27(3)36(21-25)48-39-37(28(4)41-44(39)6)38(47)43(5)32-16-18-33(19-17-32)46-24-31(40-42-46)23-45-34-15-11-10-14-30(34)22-35(45)29-12-8-7-9-13-29/h7-15,20-22,24,32-33H,16-19,23H2,1-6H3. The molecule has 6 aromatic rings. The third-order valence-electron chi connectivity index (χ3n) is 10.0. The molecule has 7 rings (SSSR count). The van der Waals surface area contributed by atoms with E-state index in [4.69, 9.17) is 4.74 Å². The van der Waals surface area contributed by atoms with Crippen molar-refractivity contribution in [2.45, 2.75) is 72.0 Å². The lowest BCUT2D eigenvalue weighted by molar-refractivity contribution is 0.0671. The fraction of sp³-hybridized carbons (Fsp3) is 0.333. The summed E-state index contributed by atoms with van der Waals surface area (Å²) in [4.78, 5) is 15.9. The molecular weight excluding hydrogens is 598 g/mol. The molecule has 0 N–H and O–H groups in total. The van der Waals surface area contributed by atoms with Gasteiger partial charge in [-0.25, -0.2) is 9.36 Å². The maximum absolute atomic E-state index is 14.0. The smallest absolute Gasteiger partial charge is 0.261 e. The molecule has 3 aromatic carbocycles. The summed E-state index contributed by atoms with van der Waals surface area (Å²) in [5.41, 5.74) is 8.97. The van der Waals surface area contributed by atoms with Crippen molar-refractivity contribution in [3.8, 4) is 22.9 Å². The van der Waals surface area contributed by atoms with Crippen LogP contribution in [-0.4, -0.2) is 53.2 Å². The van der Waals surface area contributed by atoms with Gasteiger partial charge in [0.25, 0.3) is 5.91 Å². The third kappa shape index (κ3) is 5.89. The first kappa shape index (κ1) is 31.4. The Morgan fingerprint density at radius 2 is 1.67 bits per heavy atom. The monoisotopic (exact) mass is 641 g/mol. The van der Waals surface area contributed by atoms with Gasteiger partial charge in [0.15, 0.2) is 0 Å². The van der Waals surface area contributed by atoms with Crippen molar-refractivity contribution in [3.63, 3.8) is 0 Å². The molecule has 1 aliphatic rings. The molecule has 0 saturated heterocycles. The molecule has 0 unspecified atom stereocenters. The Hall–Kier alpha value is -5.18. The van der Waals surface area contributed by atoms with E-state index in [2.05, 4.69) is 101 Å². The van der Waals surface area contributed by atoms with Crippen molar-refractivity contribution in [1.29, 1.82) is 0 Å². The van der Waals surface area contributed by atoms with Crippen LogP contribution in [-0.2, 0) is 13.6 Å². The molecule has 0 bridgehead atoms. The summed E-state index contributed by atoms with van der Waals surface area (Å²) >= 11 is 0. The predicted molar refractivity (Wildman–Crippen MR) is 189 cm³/mol. The maximum Gasteiger partial charge on any atom is 0.261 e. The Morgan fingerprint density at radius 3 is 2.44 bits per heavy atom. The van der Waals surface area contributed by atoms with Crippen molar-refractivity contribution >= 4 is 16.8 Å². The molecule has 9 heteroatoms. The number of carbonyl (C=O) groups excluding carboxylic acids is 1. The summed E-state index contributed by atoms with van der Waals surface area (Å²) in [5.74, 6) is 1.17. The van der Waals surface area contributed by atoms with Gasteiger partial charge in [-0.1, -0.05) is 59.8 Å². The Labute approximate surface area is 281 Å². The van der Waals surface area contributed by atoms with Crippen molar-refractivity contribution in [2.75, 3.05) is 7.05 Å². The van der Waals surface area contributed by atoms with E-state index in [1.165, 1.54) is 22.2 Å². The lowest BCUT2D eigenvalue weighted by atomic mass is 9.90. The average Bonchev–Trinajstić information content (AvgIpc) is 3.79. The van der Waals surface area contributed by atoms with Crippen molar-refractivity contribution in [2.24, 2.45) is 7.05 Å². The number of carbonyl (C=O) groups is 1. The molecule has 1 saturated carbocycles. The summed E-state index contributed by atoms with van der Waals surface area (Å²) in [6.07, 6.45) is 5.71. The Morgan fingerprint density at radius 1 is 0.938 bits per heavy atom. The fourth-order valence-corrected chi connectivity index (χ4v) is 7.22. The number of aromatic nitrogens is 6. The highest BCUT2D eigenvalue weighted by molar-refractivity contribution is 5.97. The molecule has 3 aromatic heterocycles. The molecule has 1 aliphatic carbocycles. The topological polar surface area (TPSA) is 83.0 Å². The number of fused-ring (bicyclic) bond motifs is 1. The van der Waals surface area contributed by atoms with Gasteiger partial charge < -0.3 is 14.2 Å². The van der Waals surface area contributed by atoms with Gasteiger partial charge in [-0.2, -0.15) is 5.10 Å². The second-order valence-electron chi connectivity index (χ2n) is 13.3. The molecule has 0 atom stereocenters. The zero-order valence-corrected chi connectivity index (χ0v) is 28.6. The van der Waals surface area contributed by atoms with Gasteiger partial charge in [0.2, 0.25) is 5.88 Å². The van der Waals surface area contributed by atoms with Gasteiger partial charge >= 0.3 is 0 Å². The summed E-state index contributed by atoms with van der Waals surface area (Å²) in [6, 6.07) is 25.7. The maximum atomic E-state index is 14.0. The van der Waals surface area contributed by atoms with Crippen LogP contribution in [0.3, 0.4) is 0 Å². The molecule has 3 heterocycles. The van der Waals surface area contributed by atoms with Crippen LogP contribution in [0.15, 0.2) is 79.0 Å². The van der Waals surface area contributed by atoms with E-state index in [9.17, 15) is 4.79 Å². The number of hydrogen-bond donors (Lipinski definition) is 0. The molecule has 48 heavy (non-hydrogen) atoms. The van der Waals surface area contributed by atoms with E-state index in [1.54, 1.807) is 4.68 Å². The first-order valence-electron chi connectivity index (χ1n) is 16.8. The fourth-order valence-electron chi connectivity index (χ4n) is 7.22. The molecule has 0 radical (unpaired) electrons. The van der Waals surface area contributed by atoms with Crippen molar-refractivity contribution < 1.29 is 9.53 Å². The highest BCUT2D eigenvalue weighted by Crippen LogP contribution is 2.35. The summed E-state index contributed by atoms with van der Waals surface area (Å²) in [6.45, 7) is 8.69. The molecule has 0 aliphatic heterocycles. The van der Waals surface area contributed by atoms with Gasteiger partial charge in [0, 0.05) is 36.7 Å². The van der Waals surface area contributed by atoms with E-state index in [0.29, 0.717) is 23.7 Å². The van der Waals surface area contributed by atoms with E-state index >= 15 is 0 Å². The molecule has 0 spiro atoms. The number of aryl methyl sites for hydroxylation is 4. The van der Waals surface area contributed by atoms with Gasteiger partial charge in [-0.3, -0.25) is 4.79 Å². The van der Waals surface area contributed by atoms with Crippen LogP contribution in [0.1, 0.15) is 70.2 Å². The molecule has 9 nitrogen and oxygen atoms in total. The van der Waals surface area contributed by atoms with Crippen molar-refractivity contribution in [3.05, 3.63) is 113 Å². The average molecular weight is 642 g/mol.